The van der Waals surface area contributed by atoms with Gasteiger partial charge in [0.1, 0.15) is 22.2 Å². The molecule has 0 atom stereocenters. The third-order valence-electron chi connectivity index (χ3n) is 2.32. The van der Waals surface area contributed by atoms with Crippen LogP contribution in [-0.4, -0.2) is 21.6 Å². The number of hydrogen-bond acceptors (Lipinski definition) is 5. The third-order valence-corrected chi connectivity index (χ3v) is 2.53. The van der Waals surface area contributed by atoms with E-state index in [0.717, 1.165) is 11.4 Å². The van der Waals surface area contributed by atoms with Gasteiger partial charge >= 0.3 is 0 Å². The maximum atomic E-state index is 5.46. The van der Waals surface area contributed by atoms with Crippen molar-refractivity contribution in [3.8, 4) is 5.75 Å². The van der Waals surface area contributed by atoms with Gasteiger partial charge in [-0.2, -0.15) is 0 Å². The summed E-state index contributed by atoms with van der Waals surface area (Å²) in [6.45, 7) is 2.58. The smallest absolute Gasteiger partial charge is 0.148 e. The van der Waals surface area contributed by atoms with Crippen LogP contribution in [0.3, 0.4) is 0 Å². The molecule has 2 rings (SSSR count). The molecule has 0 fully saturated rings. The molecule has 1 aromatic carbocycles. The van der Waals surface area contributed by atoms with E-state index in [-0.39, 0.29) is 4.99 Å². The fourth-order valence-corrected chi connectivity index (χ4v) is 1.60. The predicted octanol–water partition coefficient (Wildman–Crippen LogP) is 2.25. The Bertz CT molecular complexity index is 571. The molecule has 0 bridgehead atoms. The molecule has 0 radical (unpaired) electrons. The van der Waals surface area contributed by atoms with Crippen molar-refractivity contribution in [3.05, 3.63) is 42.4 Å². The maximum absolute atomic E-state index is 5.46. The lowest BCUT2D eigenvalue weighted by molar-refractivity contribution is 0.340. The van der Waals surface area contributed by atoms with Crippen LogP contribution < -0.4 is 15.8 Å². The highest BCUT2D eigenvalue weighted by atomic mass is 32.1. The minimum absolute atomic E-state index is 0.234. The average molecular weight is 274 g/mol. The fraction of sp³-hybridized carbons (Fsp3) is 0.154. The van der Waals surface area contributed by atoms with Gasteiger partial charge in [0.25, 0.3) is 0 Å². The Hall–Kier alpha value is -2.21. The lowest BCUT2D eigenvalue weighted by Crippen LogP contribution is -2.12. The summed E-state index contributed by atoms with van der Waals surface area (Å²) in [5, 5.41) is 3.13. The van der Waals surface area contributed by atoms with Crippen LogP contribution in [0.5, 0.6) is 5.75 Å². The van der Waals surface area contributed by atoms with Gasteiger partial charge in [0.05, 0.1) is 19.0 Å². The van der Waals surface area contributed by atoms with Crippen LogP contribution in [0.15, 0.2) is 36.7 Å². The molecule has 19 heavy (non-hydrogen) atoms. The number of nitrogens with zero attached hydrogens (tertiary/aromatic N) is 2. The minimum Gasteiger partial charge on any atom is -0.494 e. The van der Waals surface area contributed by atoms with Crippen molar-refractivity contribution in [2.45, 2.75) is 6.92 Å². The van der Waals surface area contributed by atoms with Crippen LogP contribution >= 0.6 is 12.2 Å². The molecule has 0 aliphatic heterocycles. The Morgan fingerprint density at radius 2 is 2.21 bits per heavy atom. The van der Waals surface area contributed by atoms with Crippen molar-refractivity contribution in [3.63, 3.8) is 0 Å². The zero-order chi connectivity index (χ0) is 13.7. The number of thiocarbonyl (C=S) groups is 1. The second-order valence-corrected chi connectivity index (χ2v) is 4.18. The molecule has 1 heterocycles. The van der Waals surface area contributed by atoms with Crippen molar-refractivity contribution < 1.29 is 4.74 Å². The van der Waals surface area contributed by atoms with E-state index in [9.17, 15) is 0 Å². The van der Waals surface area contributed by atoms with Gasteiger partial charge in [-0.05, 0) is 19.1 Å². The Balaban J connectivity index is 2.12. The molecular formula is C13H14N4OS. The summed E-state index contributed by atoms with van der Waals surface area (Å²) in [4.78, 5) is 8.53. The summed E-state index contributed by atoms with van der Waals surface area (Å²) in [5.74, 6) is 1.42. The van der Waals surface area contributed by atoms with Gasteiger partial charge in [0.15, 0.2) is 0 Å². The molecule has 1 aromatic heterocycles. The fourth-order valence-electron chi connectivity index (χ4n) is 1.50. The Labute approximate surface area is 116 Å². The molecule has 5 nitrogen and oxygen atoms in total. The highest BCUT2D eigenvalue weighted by molar-refractivity contribution is 7.80. The summed E-state index contributed by atoms with van der Waals surface area (Å²) < 4.78 is 5.43. The Morgan fingerprint density at radius 1 is 1.37 bits per heavy atom. The Kier molecular flexibility index (Phi) is 4.25. The van der Waals surface area contributed by atoms with Crippen LogP contribution in [0, 0.1) is 0 Å². The molecule has 0 aliphatic rings. The van der Waals surface area contributed by atoms with E-state index in [1.54, 1.807) is 6.20 Å². The molecule has 98 valence electrons. The first-order valence-electron chi connectivity index (χ1n) is 5.81. The largest absolute Gasteiger partial charge is 0.494 e. The normalized spacial score (nSPS) is 9.95. The van der Waals surface area contributed by atoms with E-state index in [2.05, 4.69) is 15.3 Å². The highest BCUT2D eigenvalue weighted by Gasteiger charge is 2.01. The molecular weight excluding hydrogens is 260 g/mol. The number of benzene rings is 1. The van der Waals surface area contributed by atoms with E-state index in [1.165, 1.54) is 6.20 Å². The van der Waals surface area contributed by atoms with Crippen molar-refractivity contribution >= 4 is 28.7 Å². The van der Waals surface area contributed by atoms with Crippen molar-refractivity contribution in [2.75, 3.05) is 11.9 Å². The summed E-state index contributed by atoms with van der Waals surface area (Å²) in [6.07, 6.45) is 3.12. The number of anilines is 2. The summed E-state index contributed by atoms with van der Waals surface area (Å²) >= 11 is 4.82. The second-order valence-electron chi connectivity index (χ2n) is 3.74. The maximum Gasteiger partial charge on any atom is 0.148 e. The lowest BCUT2D eigenvalue weighted by atomic mass is 10.3. The summed E-state index contributed by atoms with van der Waals surface area (Å²) in [5.41, 5.74) is 6.84. The molecule has 6 heteroatoms. The molecule has 0 amide bonds. The molecule has 3 N–H and O–H groups in total. The average Bonchev–Trinajstić information content (AvgIpc) is 2.40. The first-order valence-corrected chi connectivity index (χ1v) is 6.21. The number of hydrogen-bond donors (Lipinski definition) is 2. The van der Waals surface area contributed by atoms with Crippen molar-refractivity contribution in [2.24, 2.45) is 5.73 Å². The highest BCUT2D eigenvalue weighted by Crippen LogP contribution is 2.20. The molecule has 0 unspecified atom stereocenters. The van der Waals surface area contributed by atoms with Crippen LogP contribution in [0.4, 0.5) is 11.5 Å². The standard InChI is InChI=1S/C13H14N4OS/c1-2-18-10-5-3-4-9(6-10)17-12-8-15-11(7-16-12)13(14)19/h3-8H,2H2,1H3,(H2,14,19)(H,16,17). The van der Waals surface area contributed by atoms with E-state index in [0.29, 0.717) is 18.1 Å². The van der Waals surface area contributed by atoms with E-state index >= 15 is 0 Å². The monoisotopic (exact) mass is 274 g/mol. The molecule has 2 aromatic rings. The summed E-state index contributed by atoms with van der Waals surface area (Å²) in [6, 6.07) is 7.62. The number of ether oxygens (including phenoxy) is 1. The number of nitrogens with two attached hydrogens (primary N) is 1. The second kappa shape index (κ2) is 6.10. The van der Waals surface area contributed by atoms with Gasteiger partial charge in [0, 0.05) is 11.8 Å². The predicted molar refractivity (Wildman–Crippen MR) is 78.8 cm³/mol. The Morgan fingerprint density at radius 3 is 2.84 bits per heavy atom. The molecule has 0 spiro atoms. The minimum atomic E-state index is 0.234. The van der Waals surface area contributed by atoms with Gasteiger partial charge in [-0.1, -0.05) is 18.3 Å². The topological polar surface area (TPSA) is 73.1 Å². The van der Waals surface area contributed by atoms with Gasteiger partial charge in [0.2, 0.25) is 0 Å². The number of aromatic nitrogens is 2. The zero-order valence-corrected chi connectivity index (χ0v) is 11.3. The summed E-state index contributed by atoms with van der Waals surface area (Å²) in [7, 11) is 0. The number of rotatable bonds is 5. The van der Waals surface area contributed by atoms with E-state index in [4.69, 9.17) is 22.7 Å². The van der Waals surface area contributed by atoms with Gasteiger partial charge in [-0.15, -0.1) is 0 Å². The zero-order valence-electron chi connectivity index (χ0n) is 10.5. The van der Waals surface area contributed by atoms with Crippen molar-refractivity contribution in [1.29, 1.82) is 0 Å². The van der Waals surface area contributed by atoms with Crippen molar-refractivity contribution in [1.82, 2.24) is 9.97 Å². The van der Waals surface area contributed by atoms with Crippen LogP contribution in [-0.2, 0) is 0 Å². The van der Waals surface area contributed by atoms with Gasteiger partial charge in [-0.3, -0.25) is 0 Å². The third kappa shape index (κ3) is 3.62. The van der Waals surface area contributed by atoms with E-state index < -0.39 is 0 Å². The first-order chi connectivity index (χ1) is 9.19. The molecule has 0 aliphatic carbocycles. The van der Waals surface area contributed by atoms with Gasteiger partial charge in [-0.25, -0.2) is 9.97 Å². The number of nitrogens with one attached hydrogen (secondary N) is 1. The quantitative estimate of drug-likeness (QED) is 0.815. The lowest BCUT2D eigenvalue weighted by Gasteiger charge is -2.08. The van der Waals surface area contributed by atoms with Crippen LogP contribution in [0.2, 0.25) is 0 Å². The van der Waals surface area contributed by atoms with Crippen LogP contribution in [0.1, 0.15) is 12.6 Å². The first kappa shape index (κ1) is 13.2. The van der Waals surface area contributed by atoms with Crippen LogP contribution in [0.25, 0.3) is 0 Å². The van der Waals surface area contributed by atoms with Gasteiger partial charge < -0.3 is 15.8 Å². The SMILES string of the molecule is CCOc1cccc(Nc2cnc(C(N)=S)cn2)c1. The molecule has 0 saturated heterocycles. The molecule has 0 saturated carbocycles. The van der Waals surface area contributed by atoms with E-state index in [1.807, 2.05) is 31.2 Å².